The molecule has 5 nitrogen and oxygen atoms in total. The summed E-state index contributed by atoms with van der Waals surface area (Å²) in [6, 6.07) is 11.5. The minimum absolute atomic E-state index is 0.0849. The van der Waals surface area contributed by atoms with Gasteiger partial charge in [0.1, 0.15) is 0 Å². The van der Waals surface area contributed by atoms with Crippen LogP contribution < -0.4 is 14.2 Å². The van der Waals surface area contributed by atoms with Crippen LogP contribution in [-0.4, -0.2) is 38.7 Å². The first kappa shape index (κ1) is 19.4. The van der Waals surface area contributed by atoms with Crippen LogP contribution in [0.4, 0.5) is 0 Å². The molecule has 0 aliphatic carbocycles. The van der Waals surface area contributed by atoms with Crippen molar-refractivity contribution in [2.75, 3.05) is 27.9 Å². The van der Waals surface area contributed by atoms with Crippen molar-refractivity contribution in [2.24, 2.45) is 0 Å². The van der Waals surface area contributed by atoms with Crippen LogP contribution in [0.15, 0.2) is 36.4 Å². The number of ether oxygens (including phenoxy) is 3. The molecular weight excluding hydrogens is 366 g/mol. The Bertz CT molecular complexity index is 781. The number of halogens is 1. The smallest absolute Gasteiger partial charge is 0.227 e. The van der Waals surface area contributed by atoms with Crippen LogP contribution >= 0.6 is 11.6 Å². The average Bonchev–Trinajstić information content (AvgIpc) is 3.17. The molecule has 3 rings (SSSR count). The lowest BCUT2D eigenvalue weighted by atomic mass is 10.0. The van der Waals surface area contributed by atoms with Gasteiger partial charge in [-0.25, -0.2) is 0 Å². The third kappa shape index (κ3) is 4.14. The van der Waals surface area contributed by atoms with Crippen LogP contribution in [0.2, 0.25) is 5.02 Å². The molecule has 1 unspecified atom stereocenters. The summed E-state index contributed by atoms with van der Waals surface area (Å²) in [6.45, 7) is 0.760. The largest absolute Gasteiger partial charge is 0.493 e. The molecule has 1 aliphatic rings. The second-order valence-corrected chi connectivity index (χ2v) is 6.94. The number of likely N-dealkylation sites (tertiary alicyclic amines) is 1. The van der Waals surface area contributed by atoms with E-state index in [1.807, 2.05) is 41.3 Å². The first-order valence-corrected chi connectivity index (χ1v) is 9.29. The van der Waals surface area contributed by atoms with Gasteiger partial charge in [-0.15, -0.1) is 0 Å². The van der Waals surface area contributed by atoms with E-state index in [4.69, 9.17) is 25.8 Å². The maximum absolute atomic E-state index is 13.0. The van der Waals surface area contributed by atoms with E-state index >= 15 is 0 Å². The number of rotatable bonds is 6. The molecular formula is C21H24ClNO4. The van der Waals surface area contributed by atoms with Crippen LogP contribution in [0.1, 0.15) is 30.0 Å². The van der Waals surface area contributed by atoms with E-state index in [9.17, 15) is 4.79 Å². The minimum Gasteiger partial charge on any atom is -0.493 e. The summed E-state index contributed by atoms with van der Waals surface area (Å²) in [5.74, 6) is 1.71. The summed E-state index contributed by atoms with van der Waals surface area (Å²) >= 11 is 5.99. The molecule has 1 saturated heterocycles. The minimum atomic E-state index is 0.0849. The molecule has 6 heteroatoms. The lowest BCUT2D eigenvalue weighted by Gasteiger charge is -2.25. The summed E-state index contributed by atoms with van der Waals surface area (Å²) < 4.78 is 16.1. The van der Waals surface area contributed by atoms with Gasteiger partial charge in [-0.1, -0.05) is 23.7 Å². The van der Waals surface area contributed by atoms with Gasteiger partial charge in [0.15, 0.2) is 11.5 Å². The predicted molar refractivity (Wildman–Crippen MR) is 105 cm³/mol. The van der Waals surface area contributed by atoms with E-state index < -0.39 is 0 Å². The Hall–Kier alpha value is -2.40. The number of amides is 1. The van der Waals surface area contributed by atoms with Gasteiger partial charge in [0.05, 0.1) is 33.8 Å². The van der Waals surface area contributed by atoms with Crippen molar-refractivity contribution < 1.29 is 19.0 Å². The monoisotopic (exact) mass is 389 g/mol. The van der Waals surface area contributed by atoms with Gasteiger partial charge in [-0.2, -0.15) is 0 Å². The zero-order chi connectivity index (χ0) is 19.4. The fourth-order valence-corrected chi connectivity index (χ4v) is 3.74. The average molecular weight is 390 g/mol. The number of nitrogens with zero attached hydrogens (tertiary/aromatic N) is 1. The van der Waals surface area contributed by atoms with E-state index in [-0.39, 0.29) is 18.4 Å². The lowest BCUT2D eigenvalue weighted by molar-refractivity contribution is -0.131. The van der Waals surface area contributed by atoms with Crippen LogP contribution in [0, 0.1) is 0 Å². The highest BCUT2D eigenvalue weighted by Gasteiger charge is 2.30. The molecule has 1 heterocycles. The van der Waals surface area contributed by atoms with Gasteiger partial charge < -0.3 is 19.1 Å². The number of hydrogen-bond acceptors (Lipinski definition) is 4. The summed E-state index contributed by atoms with van der Waals surface area (Å²) in [6.07, 6.45) is 2.23. The van der Waals surface area contributed by atoms with Crippen molar-refractivity contribution in [3.63, 3.8) is 0 Å². The SMILES string of the molecule is COc1cc(CC(=O)N2CCCC2c2ccc(Cl)cc2)cc(OC)c1OC. The van der Waals surface area contributed by atoms with E-state index in [0.717, 1.165) is 30.5 Å². The topological polar surface area (TPSA) is 48.0 Å². The fraction of sp³-hybridized carbons (Fsp3) is 0.381. The van der Waals surface area contributed by atoms with Crippen LogP contribution in [0.5, 0.6) is 17.2 Å². The van der Waals surface area contributed by atoms with Crippen molar-refractivity contribution in [3.05, 3.63) is 52.5 Å². The zero-order valence-corrected chi connectivity index (χ0v) is 16.6. The first-order chi connectivity index (χ1) is 13.1. The predicted octanol–water partition coefficient (Wildman–Crippen LogP) is 4.27. The molecule has 1 atom stereocenters. The van der Waals surface area contributed by atoms with E-state index in [1.165, 1.54) is 0 Å². The van der Waals surface area contributed by atoms with E-state index in [1.54, 1.807) is 21.3 Å². The van der Waals surface area contributed by atoms with Crippen molar-refractivity contribution >= 4 is 17.5 Å². The van der Waals surface area contributed by atoms with E-state index in [0.29, 0.717) is 22.3 Å². The van der Waals surface area contributed by atoms with Crippen molar-refractivity contribution in [2.45, 2.75) is 25.3 Å². The Morgan fingerprint density at radius 3 is 2.26 bits per heavy atom. The Labute approximate surface area is 164 Å². The Morgan fingerprint density at radius 2 is 1.70 bits per heavy atom. The Balaban J connectivity index is 1.81. The molecule has 0 saturated carbocycles. The highest BCUT2D eigenvalue weighted by atomic mass is 35.5. The first-order valence-electron chi connectivity index (χ1n) is 8.91. The second-order valence-electron chi connectivity index (χ2n) is 6.51. The van der Waals surface area contributed by atoms with Crippen molar-refractivity contribution in [3.8, 4) is 17.2 Å². The summed E-state index contributed by atoms with van der Waals surface area (Å²) in [5, 5.41) is 0.701. The third-order valence-corrected chi connectivity index (χ3v) is 5.16. The summed E-state index contributed by atoms with van der Waals surface area (Å²) in [5.41, 5.74) is 1.95. The molecule has 144 valence electrons. The highest BCUT2D eigenvalue weighted by molar-refractivity contribution is 6.30. The van der Waals surface area contributed by atoms with Gasteiger partial charge in [0.2, 0.25) is 11.7 Å². The number of carbonyl (C=O) groups excluding carboxylic acids is 1. The number of benzene rings is 2. The van der Waals surface area contributed by atoms with Gasteiger partial charge in [-0.3, -0.25) is 4.79 Å². The molecule has 2 aromatic carbocycles. The quantitative estimate of drug-likeness (QED) is 0.740. The van der Waals surface area contributed by atoms with Gasteiger partial charge >= 0.3 is 0 Å². The Kier molecular flexibility index (Phi) is 6.11. The molecule has 27 heavy (non-hydrogen) atoms. The number of methoxy groups -OCH3 is 3. The molecule has 0 spiro atoms. The molecule has 1 aliphatic heterocycles. The summed E-state index contributed by atoms with van der Waals surface area (Å²) in [4.78, 5) is 15.0. The zero-order valence-electron chi connectivity index (χ0n) is 15.8. The molecule has 0 bridgehead atoms. The molecule has 2 aromatic rings. The Morgan fingerprint density at radius 1 is 1.07 bits per heavy atom. The van der Waals surface area contributed by atoms with Crippen LogP contribution in [0.25, 0.3) is 0 Å². The third-order valence-electron chi connectivity index (χ3n) is 4.91. The van der Waals surface area contributed by atoms with Gasteiger partial charge in [0, 0.05) is 11.6 Å². The van der Waals surface area contributed by atoms with Gasteiger partial charge in [0.25, 0.3) is 0 Å². The maximum atomic E-state index is 13.0. The van der Waals surface area contributed by atoms with Crippen molar-refractivity contribution in [1.82, 2.24) is 4.90 Å². The van der Waals surface area contributed by atoms with Crippen LogP contribution in [0.3, 0.4) is 0 Å². The van der Waals surface area contributed by atoms with Crippen molar-refractivity contribution in [1.29, 1.82) is 0 Å². The van der Waals surface area contributed by atoms with E-state index in [2.05, 4.69) is 0 Å². The molecule has 1 amide bonds. The molecule has 0 radical (unpaired) electrons. The van der Waals surface area contributed by atoms with Gasteiger partial charge in [-0.05, 0) is 48.2 Å². The molecule has 0 aromatic heterocycles. The number of hydrogen-bond donors (Lipinski definition) is 0. The number of carbonyl (C=O) groups is 1. The molecule has 0 N–H and O–H groups in total. The maximum Gasteiger partial charge on any atom is 0.227 e. The van der Waals surface area contributed by atoms with Crippen LogP contribution in [-0.2, 0) is 11.2 Å². The normalized spacial score (nSPS) is 16.3. The highest BCUT2D eigenvalue weighted by Crippen LogP contribution is 2.39. The standard InChI is InChI=1S/C21H24ClNO4/c1-25-18-11-14(12-19(26-2)21(18)27-3)13-20(24)23-10-4-5-17(23)15-6-8-16(22)9-7-15/h6-9,11-12,17H,4-5,10,13H2,1-3H3. The lowest BCUT2D eigenvalue weighted by Crippen LogP contribution is -2.31. The summed E-state index contributed by atoms with van der Waals surface area (Å²) in [7, 11) is 4.70. The second kappa shape index (κ2) is 8.53. The fourth-order valence-electron chi connectivity index (χ4n) is 3.61. The molecule has 1 fully saturated rings.